The van der Waals surface area contributed by atoms with Crippen LogP contribution in [0.2, 0.25) is 0 Å². The molecule has 3 rings (SSSR count). The summed E-state index contributed by atoms with van der Waals surface area (Å²) in [5.74, 6) is 0.399. The summed E-state index contributed by atoms with van der Waals surface area (Å²) < 4.78 is 0. The number of carbonyl (C=O) groups excluding carboxylic acids is 1. The van der Waals surface area contributed by atoms with E-state index in [-0.39, 0.29) is 5.91 Å². The Morgan fingerprint density at radius 3 is 2.54 bits per heavy atom. The maximum absolute atomic E-state index is 12.5. The van der Waals surface area contributed by atoms with Gasteiger partial charge in [-0.05, 0) is 43.5 Å². The number of nitrogens with one attached hydrogen (secondary N) is 2. The molecule has 1 amide bonds. The van der Waals surface area contributed by atoms with Gasteiger partial charge in [0.25, 0.3) is 5.91 Å². The normalized spacial score (nSPS) is 10.8. The first kappa shape index (κ1) is 16.0. The van der Waals surface area contributed by atoms with Crippen LogP contribution in [0, 0.1) is 6.92 Å². The fourth-order valence-corrected chi connectivity index (χ4v) is 2.82. The Kier molecular flexibility index (Phi) is 4.21. The van der Waals surface area contributed by atoms with Crippen LogP contribution in [0.4, 0.5) is 5.82 Å². The second kappa shape index (κ2) is 6.32. The number of pyridine rings is 1. The van der Waals surface area contributed by atoms with Crippen molar-refractivity contribution in [3.8, 4) is 0 Å². The highest BCUT2D eigenvalue weighted by atomic mass is 16.1. The van der Waals surface area contributed by atoms with Crippen LogP contribution in [0.3, 0.4) is 0 Å². The van der Waals surface area contributed by atoms with Gasteiger partial charge in [-0.1, -0.05) is 31.2 Å². The summed E-state index contributed by atoms with van der Waals surface area (Å²) in [5.41, 5.74) is 5.75. The number of fused-ring (bicyclic) bond motifs is 1. The SMILES string of the molecule is C=C(C)c1ccc(C(=O)Nc2cc3[nH]cc(C)c3c(CC)n2)cc1. The van der Waals surface area contributed by atoms with Crippen LogP contribution < -0.4 is 5.32 Å². The van der Waals surface area contributed by atoms with E-state index in [9.17, 15) is 4.79 Å². The van der Waals surface area contributed by atoms with Crippen molar-refractivity contribution in [3.05, 3.63) is 65.5 Å². The van der Waals surface area contributed by atoms with Crippen LogP contribution in [0.1, 0.15) is 41.0 Å². The molecule has 2 N–H and O–H groups in total. The van der Waals surface area contributed by atoms with Gasteiger partial charge < -0.3 is 10.3 Å². The molecule has 122 valence electrons. The summed E-state index contributed by atoms with van der Waals surface area (Å²) in [6.07, 6.45) is 2.78. The number of aryl methyl sites for hydroxylation is 2. The second-order valence-corrected chi connectivity index (χ2v) is 6.01. The molecule has 2 aromatic heterocycles. The lowest BCUT2D eigenvalue weighted by Gasteiger charge is -2.09. The molecule has 0 aliphatic heterocycles. The van der Waals surface area contributed by atoms with E-state index in [0.717, 1.165) is 34.2 Å². The molecule has 4 nitrogen and oxygen atoms in total. The van der Waals surface area contributed by atoms with Crippen molar-refractivity contribution in [2.24, 2.45) is 0 Å². The number of aromatic amines is 1. The molecule has 0 bridgehead atoms. The molecule has 4 heteroatoms. The largest absolute Gasteiger partial charge is 0.361 e. The van der Waals surface area contributed by atoms with Crippen molar-refractivity contribution in [2.75, 3.05) is 5.32 Å². The molecule has 0 fully saturated rings. The summed E-state index contributed by atoms with van der Waals surface area (Å²) in [6, 6.07) is 9.29. The first-order chi connectivity index (χ1) is 11.5. The third-order valence-electron chi connectivity index (χ3n) is 4.15. The fourth-order valence-electron chi connectivity index (χ4n) is 2.82. The van der Waals surface area contributed by atoms with E-state index in [1.165, 1.54) is 5.56 Å². The van der Waals surface area contributed by atoms with Crippen molar-refractivity contribution in [2.45, 2.75) is 27.2 Å². The third kappa shape index (κ3) is 2.95. The molecule has 0 radical (unpaired) electrons. The number of rotatable bonds is 4. The Balaban J connectivity index is 1.88. The molecule has 0 aliphatic carbocycles. The Morgan fingerprint density at radius 1 is 1.25 bits per heavy atom. The molecular formula is C20H21N3O. The number of hydrogen-bond acceptors (Lipinski definition) is 2. The number of aromatic nitrogens is 2. The van der Waals surface area contributed by atoms with Gasteiger partial charge in [0.05, 0.1) is 11.2 Å². The third-order valence-corrected chi connectivity index (χ3v) is 4.15. The molecule has 3 aromatic rings. The van der Waals surface area contributed by atoms with E-state index in [4.69, 9.17) is 0 Å². The Morgan fingerprint density at radius 2 is 1.92 bits per heavy atom. The Hall–Kier alpha value is -2.88. The minimum Gasteiger partial charge on any atom is -0.361 e. The van der Waals surface area contributed by atoms with Gasteiger partial charge in [-0.25, -0.2) is 4.98 Å². The average Bonchev–Trinajstić information content (AvgIpc) is 2.95. The summed E-state index contributed by atoms with van der Waals surface area (Å²) in [5, 5.41) is 4.03. The highest BCUT2D eigenvalue weighted by Crippen LogP contribution is 2.24. The zero-order chi connectivity index (χ0) is 17.3. The van der Waals surface area contributed by atoms with E-state index in [1.807, 2.05) is 31.3 Å². The average molecular weight is 319 g/mol. The van der Waals surface area contributed by atoms with Crippen molar-refractivity contribution in [1.29, 1.82) is 0 Å². The highest BCUT2D eigenvalue weighted by molar-refractivity contribution is 6.04. The van der Waals surface area contributed by atoms with Crippen LogP contribution in [-0.4, -0.2) is 15.9 Å². The van der Waals surface area contributed by atoms with Gasteiger partial charge in [-0.2, -0.15) is 0 Å². The maximum atomic E-state index is 12.5. The number of anilines is 1. The van der Waals surface area contributed by atoms with Gasteiger partial charge in [-0.3, -0.25) is 4.79 Å². The topological polar surface area (TPSA) is 57.8 Å². The fraction of sp³-hybridized carbons (Fsp3) is 0.200. The van der Waals surface area contributed by atoms with Crippen LogP contribution in [0.25, 0.3) is 16.5 Å². The smallest absolute Gasteiger partial charge is 0.256 e. The summed E-state index contributed by atoms with van der Waals surface area (Å²) >= 11 is 0. The first-order valence-electron chi connectivity index (χ1n) is 8.04. The minimum atomic E-state index is -0.166. The number of benzene rings is 1. The summed E-state index contributed by atoms with van der Waals surface area (Å²) in [6.45, 7) is 9.97. The van der Waals surface area contributed by atoms with Gasteiger partial charge in [0.2, 0.25) is 0 Å². The lowest BCUT2D eigenvalue weighted by atomic mass is 10.1. The van der Waals surface area contributed by atoms with Crippen molar-refractivity contribution in [1.82, 2.24) is 9.97 Å². The molecule has 0 saturated carbocycles. The molecule has 0 saturated heterocycles. The van der Waals surface area contributed by atoms with Gasteiger partial charge in [-0.15, -0.1) is 0 Å². The lowest BCUT2D eigenvalue weighted by Crippen LogP contribution is -2.13. The van der Waals surface area contributed by atoms with E-state index < -0.39 is 0 Å². The van der Waals surface area contributed by atoms with E-state index in [0.29, 0.717) is 11.4 Å². The number of hydrogen-bond donors (Lipinski definition) is 2. The van der Waals surface area contributed by atoms with E-state index >= 15 is 0 Å². The van der Waals surface area contributed by atoms with Crippen LogP contribution in [0.15, 0.2) is 43.1 Å². The van der Waals surface area contributed by atoms with Crippen LogP contribution >= 0.6 is 0 Å². The van der Waals surface area contributed by atoms with Crippen LogP contribution in [0.5, 0.6) is 0 Å². The number of nitrogens with zero attached hydrogens (tertiary/aromatic N) is 1. The standard InChI is InChI=1S/C20H21N3O/c1-5-16-19-13(4)11-21-17(19)10-18(22-16)23-20(24)15-8-6-14(7-9-15)12(2)3/h6-11,21H,2,5H2,1,3-4H3,(H,22,23,24). The monoisotopic (exact) mass is 319 g/mol. The number of carbonyl (C=O) groups is 1. The number of amides is 1. The molecule has 0 aliphatic rings. The predicted molar refractivity (Wildman–Crippen MR) is 99.3 cm³/mol. The zero-order valence-electron chi connectivity index (χ0n) is 14.2. The quantitative estimate of drug-likeness (QED) is 0.731. The first-order valence-corrected chi connectivity index (χ1v) is 8.04. The van der Waals surface area contributed by atoms with Crippen molar-refractivity contribution in [3.63, 3.8) is 0 Å². The van der Waals surface area contributed by atoms with E-state index in [1.54, 1.807) is 12.1 Å². The molecule has 2 heterocycles. The molecule has 24 heavy (non-hydrogen) atoms. The molecule has 0 atom stereocenters. The Bertz CT molecular complexity index is 920. The lowest BCUT2D eigenvalue weighted by molar-refractivity contribution is 0.102. The highest BCUT2D eigenvalue weighted by Gasteiger charge is 2.12. The number of H-pyrrole nitrogens is 1. The minimum absolute atomic E-state index is 0.166. The van der Waals surface area contributed by atoms with Crippen molar-refractivity contribution >= 4 is 28.2 Å². The van der Waals surface area contributed by atoms with E-state index in [2.05, 4.69) is 35.7 Å². The summed E-state index contributed by atoms with van der Waals surface area (Å²) in [4.78, 5) is 20.3. The molecular weight excluding hydrogens is 298 g/mol. The molecule has 1 aromatic carbocycles. The second-order valence-electron chi connectivity index (χ2n) is 6.01. The van der Waals surface area contributed by atoms with Gasteiger partial charge in [0.1, 0.15) is 5.82 Å². The van der Waals surface area contributed by atoms with Gasteiger partial charge >= 0.3 is 0 Å². The predicted octanol–water partition coefficient (Wildman–Crippen LogP) is 4.72. The Labute approximate surface area is 141 Å². The molecule has 0 spiro atoms. The maximum Gasteiger partial charge on any atom is 0.256 e. The molecule has 0 unspecified atom stereocenters. The van der Waals surface area contributed by atoms with Gasteiger partial charge in [0, 0.05) is 23.2 Å². The van der Waals surface area contributed by atoms with Crippen LogP contribution in [-0.2, 0) is 6.42 Å². The van der Waals surface area contributed by atoms with Crippen molar-refractivity contribution < 1.29 is 4.79 Å². The summed E-state index contributed by atoms with van der Waals surface area (Å²) in [7, 11) is 0. The zero-order valence-corrected chi connectivity index (χ0v) is 14.2. The number of allylic oxidation sites excluding steroid dienone is 1. The van der Waals surface area contributed by atoms with Gasteiger partial charge in [0.15, 0.2) is 0 Å².